The van der Waals surface area contributed by atoms with Crippen LogP contribution >= 0.6 is 0 Å². The van der Waals surface area contributed by atoms with Crippen LogP contribution in [-0.2, 0) is 0 Å². The lowest BCUT2D eigenvalue weighted by Crippen LogP contribution is -2.28. The molecule has 17 heavy (non-hydrogen) atoms. The van der Waals surface area contributed by atoms with E-state index in [0.29, 0.717) is 6.54 Å². The number of aromatic amines is 1. The van der Waals surface area contributed by atoms with Gasteiger partial charge in [0.15, 0.2) is 0 Å². The summed E-state index contributed by atoms with van der Waals surface area (Å²) in [5.74, 6) is 0. The third-order valence-corrected chi connectivity index (χ3v) is 2.93. The molecule has 0 fully saturated rings. The smallest absolute Gasteiger partial charge is 0.319 e. The number of benzene rings is 1. The van der Waals surface area contributed by atoms with Crippen molar-refractivity contribution in [2.45, 2.75) is 20.8 Å². The molecule has 1 aromatic carbocycles. The number of anilines is 1. The van der Waals surface area contributed by atoms with Crippen molar-refractivity contribution in [2.24, 2.45) is 0 Å². The van der Waals surface area contributed by atoms with Gasteiger partial charge in [0.2, 0.25) is 0 Å². The summed E-state index contributed by atoms with van der Waals surface area (Å²) in [7, 11) is 0. The Balaban J connectivity index is 2.41. The zero-order valence-corrected chi connectivity index (χ0v) is 10.3. The Morgan fingerprint density at radius 3 is 2.82 bits per heavy atom. The average molecular weight is 231 g/mol. The van der Waals surface area contributed by atoms with E-state index in [2.05, 4.69) is 28.6 Å². The summed E-state index contributed by atoms with van der Waals surface area (Å²) < 4.78 is 0. The van der Waals surface area contributed by atoms with Crippen LogP contribution in [0.15, 0.2) is 18.2 Å². The number of hydrogen-bond acceptors (Lipinski definition) is 1. The lowest BCUT2D eigenvalue weighted by molar-refractivity contribution is 0.252. The van der Waals surface area contributed by atoms with Crippen LogP contribution in [0.4, 0.5) is 10.5 Å². The molecule has 4 heteroatoms. The van der Waals surface area contributed by atoms with Gasteiger partial charge in [-0.1, -0.05) is 12.1 Å². The number of nitrogens with one attached hydrogen (secondary N) is 3. The van der Waals surface area contributed by atoms with Crippen LogP contribution in [0.2, 0.25) is 0 Å². The molecule has 0 unspecified atom stereocenters. The molecular formula is C13H17N3O. The van der Waals surface area contributed by atoms with Gasteiger partial charge in [-0.25, -0.2) is 4.79 Å². The van der Waals surface area contributed by atoms with E-state index in [9.17, 15) is 4.79 Å². The number of carbonyl (C=O) groups is 1. The Morgan fingerprint density at radius 2 is 2.12 bits per heavy atom. The van der Waals surface area contributed by atoms with Gasteiger partial charge >= 0.3 is 6.03 Å². The highest BCUT2D eigenvalue weighted by atomic mass is 16.2. The van der Waals surface area contributed by atoms with Gasteiger partial charge in [-0.2, -0.15) is 0 Å². The molecule has 2 amide bonds. The minimum Gasteiger partial charge on any atom is -0.357 e. The molecule has 1 heterocycles. The van der Waals surface area contributed by atoms with Gasteiger partial charge in [0, 0.05) is 17.6 Å². The lowest BCUT2D eigenvalue weighted by atomic mass is 10.1. The normalized spacial score (nSPS) is 10.5. The van der Waals surface area contributed by atoms with Crippen LogP contribution in [0.25, 0.3) is 10.9 Å². The van der Waals surface area contributed by atoms with Crippen molar-refractivity contribution in [3.63, 3.8) is 0 Å². The summed E-state index contributed by atoms with van der Waals surface area (Å²) in [5, 5.41) is 6.71. The van der Waals surface area contributed by atoms with E-state index in [1.807, 2.05) is 26.0 Å². The van der Waals surface area contributed by atoms with E-state index in [1.165, 1.54) is 5.56 Å². The monoisotopic (exact) mass is 231 g/mol. The van der Waals surface area contributed by atoms with Crippen molar-refractivity contribution in [3.05, 3.63) is 29.5 Å². The second-order valence-corrected chi connectivity index (χ2v) is 4.09. The zero-order valence-electron chi connectivity index (χ0n) is 10.3. The molecule has 0 saturated carbocycles. The van der Waals surface area contributed by atoms with Crippen LogP contribution in [0.3, 0.4) is 0 Å². The fourth-order valence-electron chi connectivity index (χ4n) is 1.91. The molecule has 2 rings (SSSR count). The fourth-order valence-corrected chi connectivity index (χ4v) is 1.91. The molecule has 4 nitrogen and oxygen atoms in total. The van der Waals surface area contributed by atoms with Gasteiger partial charge in [0.05, 0.1) is 11.2 Å². The Kier molecular flexibility index (Phi) is 3.04. The summed E-state index contributed by atoms with van der Waals surface area (Å²) in [5.41, 5.74) is 4.14. The highest BCUT2D eigenvalue weighted by Crippen LogP contribution is 2.27. The molecule has 0 atom stereocenters. The zero-order chi connectivity index (χ0) is 12.4. The number of fused-ring (bicyclic) bond motifs is 1. The maximum absolute atomic E-state index is 11.5. The first-order chi connectivity index (χ1) is 8.13. The first kappa shape index (κ1) is 11.5. The largest absolute Gasteiger partial charge is 0.357 e. The predicted molar refractivity (Wildman–Crippen MR) is 70.5 cm³/mol. The van der Waals surface area contributed by atoms with E-state index >= 15 is 0 Å². The maximum Gasteiger partial charge on any atom is 0.319 e. The molecule has 0 spiro atoms. The number of H-pyrrole nitrogens is 1. The molecule has 0 aliphatic heterocycles. The standard InChI is InChI=1S/C13H17N3O/c1-4-14-13(17)16-11-7-5-6-10-8(2)9(3)15-12(10)11/h5-7,15H,4H2,1-3H3,(H2,14,16,17). The quantitative estimate of drug-likeness (QED) is 0.731. The van der Waals surface area contributed by atoms with Crippen molar-refractivity contribution in [1.29, 1.82) is 0 Å². The lowest BCUT2D eigenvalue weighted by Gasteiger charge is -2.06. The molecule has 0 saturated heterocycles. The summed E-state index contributed by atoms with van der Waals surface area (Å²) >= 11 is 0. The number of rotatable bonds is 2. The second kappa shape index (κ2) is 4.49. The van der Waals surface area contributed by atoms with Gasteiger partial charge < -0.3 is 15.6 Å². The van der Waals surface area contributed by atoms with Crippen molar-refractivity contribution in [2.75, 3.05) is 11.9 Å². The SMILES string of the molecule is CCNC(=O)Nc1cccc2c(C)c(C)[nH]c12. The summed E-state index contributed by atoms with van der Waals surface area (Å²) in [6.45, 7) is 6.61. The van der Waals surface area contributed by atoms with Crippen molar-refractivity contribution in [1.82, 2.24) is 10.3 Å². The number of amides is 2. The van der Waals surface area contributed by atoms with Crippen LogP contribution in [0.1, 0.15) is 18.2 Å². The number of carbonyl (C=O) groups excluding carboxylic acids is 1. The van der Waals surface area contributed by atoms with Crippen molar-refractivity contribution >= 4 is 22.6 Å². The molecule has 1 aromatic heterocycles. The highest BCUT2D eigenvalue weighted by molar-refractivity contribution is 6.01. The topological polar surface area (TPSA) is 56.9 Å². The highest BCUT2D eigenvalue weighted by Gasteiger charge is 2.09. The fraction of sp³-hybridized carbons (Fsp3) is 0.308. The number of para-hydroxylation sites is 1. The molecule has 0 aliphatic carbocycles. The van der Waals surface area contributed by atoms with Crippen LogP contribution in [0, 0.1) is 13.8 Å². The van der Waals surface area contributed by atoms with Crippen LogP contribution in [-0.4, -0.2) is 17.6 Å². The number of aryl methyl sites for hydroxylation is 2. The summed E-state index contributed by atoms with van der Waals surface area (Å²) in [6.07, 6.45) is 0. The molecule has 3 N–H and O–H groups in total. The van der Waals surface area contributed by atoms with Crippen molar-refractivity contribution < 1.29 is 4.79 Å². The first-order valence-electron chi connectivity index (χ1n) is 5.76. The maximum atomic E-state index is 11.5. The van der Waals surface area contributed by atoms with E-state index < -0.39 is 0 Å². The van der Waals surface area contributed by atoms with Crippen LogP contribution in [0.5, 0.6) is 0 Å². The van der Waals surface area contributed by atoms with E-state index in [-0.39, 0.29) is 6.03 Å². The third kappa shape index (κ3) is 2.11. The molecular weight excluding hydrogens is 214 g/mol. The van der Waals surface area contributed by atoms with Crippen LogP contribution < -0.4 is 10.6 Å². The number of hydrogen-bond donors (Lipinski definition) is 3. The van der Waals surface area contributed by atoms with Gasteiger partial charge in [0.25, 0.3) is 0 Å². The molecule has 0 bridgehead atoms. The van der Waals surface area contributed by atoms with E-state index in [1.54, 1.807) is 0 Å². The molecule has 2 aromatic rings. The van der Waals surface area contributed by atoms with Gasteiger partial charge in [-0.3, -0.25) is 0 Å². The summed E-state index contributed by atoms with van der Waals surface area (Å²) in [6, 6.07) is 5.72. The third-order valence-electron chi connectivity index (χ3n) is 2.93. The van der Waals surface area contributed by atoms with Gasteiger partial charge in [0.1, 0.15) is 0 Å². The van der Waals surface area contributed by atoms with Gasteiger partial charge in [-0.05, 0) is 32.4 Å². The minimum atomic E-state index is -0.176. The Morgan fingerprint density at radius 1 is 1.35 bits per heavy atom. The minimum absolute atomic E-state index is 0.176. The summed E-state index contributed by atoms with van der Waals surface area (Å²) in [4.78, 5) is 14.8. The van der Waals surface area contributed by atoms with E-state index in [0.717, 1.165) is 22.3 Å². The Hall–Kier alpha value is -1.97. The molecule has 90 valence electrons. The Bertz CT molecular complexity index is 557. The average Bonchev–Trinajstić information content (AvgIpc) is 2.58. The first-order valence-corrected chi connectivity index (χ1v) is 5.76. The van der Waals surface area contributed by atoms with Crippen molar-refractivity contribution in [3.8, 4) is 0 Å². The van der Waals surface area contributed by atoms with E-state index in [4.69, 9.17) is 0 Å². The Labute approximate surface area is 100 Å². The second-order valence-electron chi connectivity index (χ2n) is 4.09. The number of urea groups is 1. The molecule has 0 radical (unpaired) electrons. The predicted octanol–water partition coefficient (Wildman–Crippen LogP) is 2.93. The number of aromatic nitrogens is 1. The molecule has 0 aliphatic rings. The van der Waals surface area contributed by atoms with Gasteiger partial charge in [-0.15, -0.1) is 0 Å².